The predicted molar refractivity (Wildman–Crippen MR) is 153 cm³/mol. The van der Waals surface area contributed by atoms with Crippen LogP contribution >= 0.6 is 0 Å². The van der Waals surface area contributed by atoms with Crippen molar-refractivity contribution in [1.29, 1.82) is 5.26 Å². The Balaban J connectivity index is 1.68. The van der Waals surface area contributed by atoms with E-state index in [1.54, 1.807) is 46.7 Å². The lowest BCUT2D eigenvalue weighted by molar-refractivity contribution is -0.145. The molecule has 41 heavy (non-hydrogen) atoms. The van der Waals surface area contributed by atoms with Gasteiger partial charge in [0.15, 0.2) is 0 Å². The molecule has 0 aliphatic carbocycles. The van der Waals surface area contributed by atoms with Gasteiger partial charge in [-0.3, -0.25) is 19.9 Å². The number of halogens is 1. The van der Waals surface area contributed by atoms with Gasteiger partial charge in [0.1, 0.15) is 17.5 Å². The van der Waals surface area contributed by atoms with Gasteiger partial charge in [-0.25, -0.2) is 14.2 Å². The number of ether oxygens (including phenoxy) is 1. The lowest BCUT2D eigenvalue weighted by Gasteiger charge is -2.30. The Labute approximate surface area is 241 Å². The fourth-order valence-electron chi connectivity index (χ4n) is 4.51. The quantitative estimate of drug-likeness (QED) is 0.468. The number of rotatable bonds is 10. The topological polar surface area (TPSA) is 109 Å². The van der Waals surface area contributed by atoms with E-state index in [1.165, 1.54) is 33.1 Å². The first-order valence-electron chi connectivity index (χ1n) is 13.6. The molecule has 0 unspecified atom stereocenters. The largest absolute Gasteiger partial charge is 0.444 e. The lowest BCUT2D eigenvalue weighted by atomic mass is 10.1. The molecule has 1 aliphatic heterocycles. The third-order valence-corrected chi connectivity index (χ3v) is 6.79. The highest BCUT2D eigenvalue weighted by molar-refractivity contribution is 5.96. The average Bonchev–Trinajstić information content (AvgIpc) is 3.34. The molecule has 0 aromatic heterocycles. The minimum Gasteiger partial charge on any atom is -0.444 e. The first-order chi connectivity index (χ1) is 19.3. The van der Waals surface area contributed by atoms with Crippen LogP contribution in [0.5, 0.6) is 0 Å². The van der Waals surface area contributed by atoms with E-state index < -0.39 is 23.4 Å². The van der Waals surface area contributed by atoms with E-state index in [-0.39, 0.29) is 37.6 Å². The van der Waals surface area contributed by atoms with Gasteiger partial charge in [-0.2, -0.15) is 5.26 Å². The summed E-state index contributed by atoms with van der Waals surface area (Å²) < 4.78 is 19.7. The maximum absolute atomic E-state index is 14.3. The Morgan fingerprint density at radius 3 is 2.24 bits per heavy atom. The Kier molecular flexibility index (Phi) is 10.4. The highest BCUT2D eigenvalue weighted by atomic mass is 19.1. The molecule has 0 fully saturated rings. The molecule has 0 saturated carbocycles. The van der Waals surface area contributed by atoms with Crippen molar-refractivity contribution < 1.29 is 23.5 Å². The number of nitrogens with zero attached hydrogens (tertiary/aromatic N) is 5. The maximum atomic E-state index is 14.3. The fourth-order valence-corrected chi connectivity index (χ4v) is 4.51. The molecule has 10 nitrogen and oxygen atoms in total. The van der Waals surface area contributed by atoms with Crippen LogP contribution in [-0.2, 0) is 27.4 Å². The monoisotopic (exact) mass is 566 g/mol. The number of carbonyl (C=O) groups excluding carboxylic acids is 3. The van der Waals surface area contributed by atoms with Crippen LogP contribution in [0.1, 0.15) is 49.9 Å². The third kappa shape index (κ3) is 8.25. The second-order valence-corrected chi connectivity index (χ2v) is 10.9. The summed E-state index contributed by atoms with van der Waals surface area (Å²) in [7, 11) is 1.70. The fraction of sp³-hybridized carbons (Fsp3) is 0.467. The Bertz CT molecular complexity index is 1290. The minimum absolute atomic E-state index is 0.0742. The molecule has 0 saturated heterocycles. The van der Waals surface area contributed by atoms with E-state index in [9.17, 15) is 24.0 Å². The summed E-state index contributed by atoms with van der Waals surface area (Å²) in [6.07, 6.45) is -0.517. The summed E-state index contributed by atoms with van der Waals surface area (Å²) in [5.74, 6) is -1.28. The molecular weight excluding hydrogens is 527 g/mol. The van der Waals surface area contributed by atoms with E-state index >= 15 is 0 Å². The van der Waals surface area contributed by atoms with Gasteiger partial charge in [-0.05, 0) is 63.4 Å². The molecule has 0 radical (unpaired) electrons. The first kappa shape index (κ1) is 31.5. The molecule has 0 spiro atoms. The van der Waals surface area contributed by atoms with E-state index in [0.717, 1.165) is 0 Å². The van der Waals surface area contributed by atoms with Crippen LogP contribution in [0.4, 0.5) is 14.9 Å². The van der Waals surface area contributed by atoms with Gasteiger partial charge in [0.2, 0.25) is 5.91 Å². The number of amides is 3. The molecule has 2 aromatic carbocycles. The lowest BCUT2D eigenvalue weighted by Crippen LogP contribution is -2.48. The standard InChI is InChI=1S/C30H39FN6O4/c1-7-35(29(40)41-30(3,4)5)12-13-37(26-15-24(16-32)25(31)14-21(26)2)28(39)18-33-17-27(38)34(6)36-19-22-10-8-9-11-23(22)20-36/h8-11,14-15,33H,7,12-13,17-20H2,1-6H3. The SMILES string of the molecule is CCN(CCN(C(=O)CNCC(=O)N(C)N1Cc2ccccc2C1)c1cc(C#N)c(F)cc1C)C(=O)OC(C)(C)C. The van der Waals surface area contributed by atoms with Gasteiger partial charge in [0, 0.05) is 45.5 Å². The summed E-state index contributed by atoms with van der Waals surface area (Å²) >= 11 is 0. The molecule has 3 rings (SSSR count). The van der Waals surface area contributed by atoms with Crippen molar-refractivity contribution in [3.05, 3.63) is 64.5 Å². The van der Waals surface area contributed by atoms with Gasteiger partial charge >= 0.3 is 6.09 Å². The average molecular weight is 567 g/mol. The van der Waals surface area contributed by atoms with Crippen LogP contribution in [0.25, 0.3) is 0 Å². The summed E-state index contributed by atoms with van der Waals surface area (Å²) in [6, 6.07) is 12.4. The van der Waals surface area contributed by atoms with Crippen LogP contribution in [0, 0.1) is 24.1 Å². The van der Waals surface area contributed by atoms with E-state index in [4.69, 9.17) is 4.74 Å². The Hall–Kier alpha value is -4.01. The van der Waals surface area contributed by atoms with Crippen molar-refractivity contribution in [1.82, 2.24) is 20.2 Å². The van der Waals surface area contributed by atoms with Crippen molar-refractivity contribution in [2.45, 2.75) is 53.3 Å². The third-order valence-electron chi connectivity index (χ3n) is 6.79. The molecule has 0 atom stereocenters. The smallest absolute Gasteiger partial charge is 0.410 e. The normalized spacial score (nSPS) is 12.8. The summed E-state index contributed by atoms with van der Waals surface area (Å²) in [4.78, 5) is 41.9. The number of hydrazine groups is 1. The number of hydrogen-bond donors (Lipinski definition) is 1. The van der Waals surface area contributed by atoms with Crippen molar-refractivity contribution in [2.75, 3.05) is 44.7 Å². The van der Waals surface area contributed by atoms with Crippen LogP contribution in [0.2, 0.25) is 0 Å². The Morgan fingerprint density at radius 1 is 1.07 bits per heavy atom. The molecular formula is C30H39FN6O4. The van der Waals surface area contributed by atoms with Crippen molar-refractivity contribution in [3.8, 4) is 6.07 Å². The molecule has 1 N–H and O–H groups in total. The number of benzene rings is 2. The predicted octanol–water partition coefficient (Wildman–Crippen LogP) is 3.57. The van der Waals surface area contributed by atoms with Gasteiger partial charge in [0.05, 0.1) is 18.7 Å². The number of aryl methyl sites for hydroxylation is 1. The van der Waals surface area contributed by atoms with Crippen molar-refractivity contribution in [3.63, 3.8) is 0 Å². The van der Waals surface area contributed by atoms with E-state index in [1.807, 2.05) is 35.3 Å². The Morgan fingerprint density at radius 2 is 1.68 bits per heavy atom. The van der Waals surface area contributed by atoms with Gasteiger partial charge in [-0.15, -0.1) is 0 Å². The van der Waals surface area contributed by atoms with Crippen LogP contribution in [-0.4, -0.2) is 78.2 Å². The molecule has 11 heteroatoms. The molecule has 1 heterocycles. The summed E-state index contributed by atoms with van der Waals surface area (Å²) in [5.41, 5.74) is 2.28. The second-order valence-electron chi connectivity index (χ2n) is 10.9. The number of nitrogens with one attached hydrogen (secondary N) is 1. The number of anilines is 1. The molecule has 2 aromatic rings. The van der Waals surface area contributed by atoms with Gasteiger partial charge < -0.3 is 14.5 Å². The highest BCUT2D eigenvalue weighted by Crippen LogP contribution is 2.25. The first-order valence-corrected chi connectivity index (χ1v) is 13.6. The summed E-state index contributed by atoms with van der Waals surface area (Å²) in [6.45, 7) is 10.3. The van der Waals surface area contributed by atoms with Crippen molar-refractivity contribution >= 4 is 23.6 Å². The van der Waals surface area contributed by atoms with Crippen LogP contribution in [0.3, 0.4) is 0 Å². The zero-order chi connectivity index (χ0) is 30.3. The number of nitriles is 1. The summed E-state index contributed by atoms with van der Waals surface area (Å²) in [5, 5.41) is 15.8. The zero-order valence-electron chi connectivity index (χ0n) is 24.7. The van der Waals surface area contributed by atoms with E-state index in [0.29, 0.717) is 30.9 Å². The highest BCUT2D eigenvalue weighted by Gasteiger charge is 2.27. The molecule has 0 bridgehead atoms. The second kappa shape index (κ2) is 13.6. The van der Waals surface area contributed by atoms with Gasteiger partial charge in [0.25, 0.3) is 5.91 Å². The molecule has 3 amide bonds. The maximum Gasteiger partial charge on any atom is 0.410 e. The van der Waals surface area contributed by atoms with Crippen LogP contribution < -0.4 is 10.2 Å². The molecule has 220 valence electrons. The number of hydrogen-bond acceptors (Lipinski definition) is 7. The van der Waals surface area contributed by atoms with Gasteiger partial charge in [-0.1, -0.05) is 24.3 Å². The zero-order valence-corrected chi connectivity index (χ0v) is 24.7. The number of carbonyl (C=O) groups is 3. The van der Waals surface area contributed by atoms with Crippen molar-refractivity contribution in [2.24, 2.45) is 0 Å². The number of likely N-dealkylation sites (N-methyl/N-ethyl adjacent to an activating group) is 2. The minimum atomic E-state index is -0.684. The van der Waals surface area contributed by atoms with E-state index in [2.05, 4.69) is 5.32 Å². The number of fused-ring (bicyclic) bond motifs is 1. The van der Waals surface area contributed by atoms with Crippen LogP contribution in [0.15, 0.2) is 36.4 Å². The molecule has 1 aliphatic rings.